The molecule has 0 aliphatic rings. The number of nitrogens with zero attached hydrogens (tertiary/aromatic N) is 1. The van der Waals surface area contributed by atoms with Crippen LogP contribution in [0.4, 0.5) is 0 Å². The molecule has 0 atom stereocenters. The molecule has 0 amide bonds. The van der Waals surface area contributed by atoms with Crippen molar-refractivity contribution in [2.75, 3.05) is 26.2 Å². The van der Waals surface area contributed by atoms with Gasteiger partial charge in [0, 0.05) is 19.5 Å². The molecule has 172 valence electrons. The average Bonchev–Trinajstić information content (AvgIpc) is 2.65. The lowest BCUT2D eigenvalue weighted by atomic mass is 10.0. The summed E-state index contributed by atoms with van der Waals surface area (Å²) >= 11 is 0. The minimum Gasteiger partial charge on any atom is -0.395 e. The van der Waals surface area contributed by atoms with Crippen LogP contribution in [0.5, 0.6) is 0 Å². The van der Waals surface area contributed by atoms with Gasteiger partial charge in [0.2, 0.25) is 0 Å². The van der Waals surface area contributed by atoms with Gasteiger partial charge in [0.15, 0.2) is 6.29 Å². The molecule has 0 saturated carbocycles. The lowest BCUT2D eigenvalue weighted by molar-refractivity contribution is -0.0508. The van der Waals surface area contributed by atoms with Crippen molar-refractivity contribution in [2.45, 2.75) is 122 Å². The maximum Gasteiger partial charge on any atom is 0.152 e. The number of rotatable bonds is 22. The molecule has 0 unspecified atom stereocenters. The molecule has 0 radical (unpaired) electrons. The molecule has 0 heterocycles. The van der Waals surface area contributed by atoms with Crippen LogP contribution >= 0.6 is 12.4 Å². The summed E-state index contributed by atoms with van der Waals surface area (Å²) < 4.78 is 0. The summed E-state index contributed by atoms with van der Waals surface area (Å²) in [5, 5.41) is 27.0. The van der Waals surface area contributed by atoms with Crippen LogP contribution in [0.1, 0.15) is 116 Å². The Kier molecular flexibility index (Phi) is 27.3. The molecule has 0 aromatic rings. The molecule has 0 aromatic carbocycles. The summed E-state index contributed by atoms with van der Waals surface area (Å²) in [5.41, 5.74) is 0. The Hall–Kier alpha value is 0.130. The lowest BCUT2D eigenvalue weighted by Crippen LogP contribution is -2.31. The summed E-state index contributed by atoms with van der Waals surface area (Å²) in [4.78, 5) is 2.13. The van der Waals surface area contributed by atoms with Crippen molar-refractivity contribution >= 4 is 12.4 Å². The van der Waals surface area contributed by atoms with Crippen LogP contribution in [-0.4, -0.2) is 52.8 Å². The third kappa shape index (κ3) is 24.2. The van der Waals surface area contributed by atoms with Crippen LogP contribution in [0.25, 0.3) is 0 Å². The Morgan fingerprint density at radius 2 is 0.964 bits per heavy atom. The van der Waals surface area contributed by atoms with E-state index in [0.29, 0.717) is 19.5 Å². The molecule has 4 nitrogen and oxygen atoms in total. The molecule has 0 saturated heterocycles. The van der Waals surface area contributed by atoms with Crippen LogP contribution in [0.3, 0.4) is 0 Å². The van der Waals surface area contributed by atoms with Crippen molar-refractivity contribution in [3.63, 3.8) is 0 Å². The third-order valence-corrected chi connectivity index (χ3v) is 5.45. The summed E-state index contributed by atoms with van der Waals surface area (Å²) in [7, 11) is 0. The Morgan fingerprint density at radius 3 is 1.32 bits per heavy atom. The van der Waals surface area contributed by atoms with E-state index in [1.165, 1.54) is 96.3 Å². The molecule has 0 spiro atoms. The Balaban J connectivity index is 0. The number of unbranched alkanes of at least 4 members (excludes halogenated alkanes) is 15. The first-order valence-electron chi connectivity index (χ1n) is 11.9. The zero-order valence-electron chi connectivity index (χ0n) is 18.6. The maximum absolute atomic E-state index is 9.07. The van der Waals surface area contributed by atoms with Gasteiger partial charge in [0.1, 0.15) is 0 Å². The van der Waals surface area contributed by atoms with Gasteiger partial charge >= 0.3 is 0 Å². The normalized spacial score (nSPS) is 11.4. The lowest BCUT2D eigenvalue weighted by Gasteiger charge is -2.21. The molecule has 28 heavy (non-hydrogen) atoms. The fourth-order valence-corrected chi connectivity index (χ4v) is 3.66. The van der Waals surface area contributed by atoms with Gasteiger partial charge in [-0.05, 0) is 13.0 Å². The largest absolute Gasteiger partial charge is 0.395 e. The molecule has 5 heteroatoms. The van der Waals surface area contributed by atoms with E-state index in [9.17, 15) is 0 Å². The number of aliphatic hydroxyl groups is 3. The fourth-order valence-electron chi connectivity index (χ4n) is 3.66. The van der Waals surface area contributed by atoms with Crippen LogP contribution in [0, 0.1) is 0 Å². The minimum atomic E-state index is -1.24. The monoisotopic (exact) mass is 423 g/mol. The van der Waals surface area contributed by atoms with E-state index in [0.717, 1.165) is 13.0 Å². The standard InChI is InChI=1S/C23H49NO3.ClH/c1-2-3-4-5-6-7-8-9-10-11-12-13-14-15-16-17-19-24(21-22-25)20-18-23(26)27;/h23,25-27H,2-22H2,1H3;1H. The number of hydrogen-bond donors (Lipinski definition) is 3. The fraction of sp³-hybridized carbons (Fsp3) is 1.00. The predicted octanol–water partition coefficient (Wildman–Crippen LogP) is 5.66. The van der Waals surface area contributed by atoms with Gasteiger partial charge in [-0.3, -0.25) is 0 Å². The molecule has 0 aromatic heterocycles. The molecule has 0 rings (SSSR count). The second kappa shape index (κ2) is 25.2. The smallest absolute Gasteiger partial charge is 0.152 e. The van der Waals surface area contributed by atoms with Crippen molar-refractivity contribution in [3.8, 4) is 0 Å². The van der Waals surface area contributed by atoms with E-state index >= 15 is 0 Å². The van der Waals surface area contributed by atoms with Crippen molar-refractivity contribution < 1.29 is 15.3 Å². The van der Waals surface area contributed by atoms with E-state index in [1.807, 2.05) is 0 Å². The van der Waals surface area contributed by atoms with E-state index in [2.05, 4.69) is 11.8 Å². The van der Waals surface area contributed by atoms with Crippen molar-refractivity contribution in [3.05, 3.63) is 0 Å². The van der Waals surface area contributed by atoms with Gasteiger partial charge in [0.05, 0.1) is 6.61 Å². The van der Waals surface area contributed by atoms with E-state index in [1.54, 1.807) is 0 Å². The Morgan fingerprint density at radius 1 is 0.571 bits per heavy atom. The number of hydrogen-bond acceptors (Lipinski definition) is 4. The van der Waals surface area contributed by atoms with Gasteiger partial charge < -0.3 is 20.2 Å². The Bertz CT molecular complexity index is 281. The minimum absolute atomic E-state index is 0. The molecule has 0 bridgehead atoms. The zero-order valence-corrected chi connectivity index (χ0v) is 19.4. The topological polar surface area (TPSA) is 63.9 Å². The molecular formula is C23H50ClNO3. The molecule has 0 aliphatic heterocycles. The van der Waals surface area contributed by atoms with E-state index in [-0.39, 0.29) is 19.0 Å². The summed E-state index contributed by atoms with van der Waals surface area (Å²) in [5.74, 6) is 0. The van der Waals surface area contributed by atoms with Crippen molar-refractivity contribution in [1.29, 1.82) is 0 Å². The molecule has 0 fully saturated rings. The summed E-state index contributed by atoms with van der Waals surface area (Å²) in [6.07, 6.45) is 21.1. The SMILES string of the molecule is CCCCCCCCCCCCCCCCCCN(CCO)CCC(O)O.Cl. The van der Waals surface area contributed by atoms with Crippen LogP contribution in [-0.2, 0) is 0 Å². The quantitative estimate of drug-likeness (QED) is 0.155. The van der Waals surface area contributed by atoms with Crippen molar-refractivity contribution in [1.82, 2.24) is 4.90 Å². The van der Waals surface area contributed by atoms with Gasteiger partial charge in [-0.2, -0.15) is 0 Å². The third-order valence-electron chi connectivity index (χ3n) is 5.45. The van der Waals surface area contributed by atoms with E-state index in [4.69, 9.17) is 15.3 Å². The maximum atomic E-state index is 9.07. The van der Waals surface area contributed by atoms with Crippen molar-refractivity contribution in [2.24, 2.45) is 0 Å². The predicted molar refractivity (Wildman–Crippen MR) is 123 cm³/mol. The summed E-state index contributed by atoms with van der Waals surface area (Å²) in [6, 6.07) is 0. The first-order valence-corrected chi connectivity index (χ1v) is 11.9. The van der Waals surface area contributed by atoms with Crippen LogP contribution in [0.15, 0.2) is 0 Å². The van der Waals surface area contributed by atoms with Gasteiger partial charge in [-0.25, -0.2) is 0 Å². The first-order chi connectivity index (χ1) is 13.2. The molecule has 3 N–H and O–H groups in total. The number of halogens is 1. The highest BCUT2D eigenvalue weighted by atomic mass is 35.5. The van der Waals surface area contributed by atoms with Crippen LogP contribution < -0.4 is 0 Å². The second-order valence-corrected chi connectivity index (χ2v) is 8.14. The van der Waals surface area contributed by atoms with Gasteiger partial charge in [0.25, 0.3) is 0 Å². The molecule has 0 aliphatic carbocycles. The molecular weight excluding hydrogens is 374 g/mol. The van der Waals surface area contributed by atoms with Gasteiger partial charge in [-0.1, -0.05) is 103 Å². The second-order valence-electron chi connectivity index (χ2n) is 8.14. The highest BCUT2D eigenvalue weighted by Gasteiger charge is 2.06. The summed E-state index contributed by atoms with van der Waals surface area (Å²) in [6.45, 7) is 4.65. The first kappa shape index (κ1) is 30.3. The Labute approximate surface area is 181 Å². The van der Waals surface area contributed by atoms with Crippen LogP contribution in [0.2, 0.25) is 0 Å². The highest BCUT2D eigenvalue weighted by Crippen LogP contribution is 2.13. The average molecular weight is 424 g/mol. The highest BCUT2D eigenvalue weighted by molar-refractivity contribution is 5.85. The number of aliphatic hydroxyl groups excluding tert-OH is 2. The van der Waals surface area contributed by atoms with Gasteiger partial charge in [-0.15, -0.1) is 12.4 Å². The zero-order chi connectivity index (χ0) is 20.0. The van der Waals surface area contributed by atoms with E-state index < -0.39 is 6.29 Å².